The van der Waals surface area contributed by atoms with E-state index in [4.69, 9.17) is 5.11 Å². The van der Waals surface area contributed by atoms with E-state index in [1.807, 2.05) is 30.3 Å². The molecule has 0 atom stereocenters. The first-order valence-corrected chi connectivity index (χ1v) is 6.81. The summed E-state index contributed by atoms with van der Waals surface area (Å²) in [5.74, 6) is -1.00. The number of nitrogens with one attached hydrogen (secondary N) is 1. The molecule has 0 aromatic heterocycles. The minimum absolute atomic E-state index is 0.139. The van der Waals surface area contributed by atoms with Crippen molar-refractivity contribution in [3.8, 4) is 0 Å². The van der Waals surface area contributed by atoms with Crippen LogP contribution in [0.2, 0.25) is 0 Å². The average Bonchev–Trinajstić information content (AvgIpc) is 2.41. The van der Waals surface area contributed by atoms with Crippen molar-refractivity contribution in [2.75, 3.05) is 13.1 Å². The van der Waals surface area contributed by atoms with Crippen LogP contribution in [0.1, 0.15) is 25.8 Å². The van der Waals surface area contributed by atoms with Crippen molar-refractivity contribution in [1.82, 2.24) is 10.2 Å². The van der Waals surface area contributed by atoms with Gasteiger partial charge in [-0.05, 0) is 32.3 Å². The van der Waals surface area contributed by atoms with E-state index in [9.17, 15) is 9.59 Å². The Morgan fingerprint density at radius 2 is 1.90 bits per heavy atom. The second-order valence-corrected chi connectivity index (χ2v) is 4.94. The van der Waals surface area contributed by atoms with Gasteiger partial charge in [-0.1, -0.05) is 30.3 Å². The van der Waals surface area contributed by atoms with Gasteiger partial charge in [0.05, 0.1) is 0 Å². The van der Waals surface area contributed by atoms with E-state index in [0.29, 0.717) is 6.54 Å². The topological polar surface area (TPSA) is 69.6 Å². The standard InChI is InChI=1S/C15H22N2O3/c1-12(2)17(11-14(18)19)15(20)16-10-6-9-13-7-4-3-5-8-13/h3-5,7-8,12H,6,9-11H2,1-2H3,(H,16,20)(H,18,19). The highest BCUT2D eigenvalue weighted by Crippen LogP contribution is 2.02. The fraction of sp³-hybridized carbons (Fsp3) is 0.467. The molecular weight excluding hydrogens is 256 g/mol. The monoisotopic (exact) mass is 278 g/mol. The zero-order valence-electron chi connectivity index (χ0n) is 12.0. The lowest BCUT2D eigenvalue weighted by atomic mass is 10.1. The highest BCUT2D eigenvalue weighted by Gasteiger charge is 2.18. The van der Waals surface area contributed by atoms with E-state index in [1.54, 1.807) is 13.8 Å². The van der Waals surface area contributed by atoms with Crippen molar-refractivity contribution in [1.29, 1.82) is 0 Å². The van der Waals surface area contributed by atoms with Crippen molar-refractivity contribution < 1.29 is 14.7 Å². The first kappa shape index (κ1) is 16.0. The molecule has 0 saturated carbocycles. The molecule has 20 heavy (non-hydrogen) atoms. The molecule has 2 N–H and O–H groups in total. The van der Waals surface area contributed by atoms with Crippen LogP contribution in [0.3, 0.4) is 0 Å². The SMILES string of the molecule is CC(C)N(CC(=O)O)C(=O)NCCCc1ccccc1. The molecule has 0 heterocycles. The second kappa shape index (κ2) is 8.19. The van der Waals surface area contributed by atoms with Crippen molar-refractivity contribution >= 4 is 12.0 Å². The van der Waals surface area contributed by atoms with Gasteiger partial charge in [-0.2, -0.15) is 0 Å². The van der Waals surface area contributed by atoms with E-state index < -0.39 is 5.97 Å². The molecule has 0 saturated heterocycles. The summed E-state index contributed by atoms with van der Waals surface area (Å²) in [4.78, 5) is 23.9. The number of aliphatic carboxylic acids is 1. The molecule has 5 nitrogen and oxygen atoms in total. The molecule has 5 heteroatoms. The van der Waals surface area contributed by atoms with E-state index in [0.717, 1.165) is 12.8 Å². The van der Waals surface area contributed by atoms with Gasteiger partial charge >= 0.3 is 12.0 Å². The summed E-state index contributed by atoms with van der Waals surface area (Å²) in [7, 11) is 0. The zero-order valence-corrected chi connectivity index (χ0v) is 12.0. The van der Waals surface area contributed by atoms with Crippen LogP contribution in [-0.2, 0) is 11.2 Å². The minimum Gasteiger partial charge on any atom is -0.480 e. The number of nitrogens with zero attached hydrogens (tertiary/aromatic N) is 1. The number of hydrogen-bond donors (Lipinski definition) is 2. The van der Waals surface area contributed by atoms with E-state index in [2.05, 4.69) is 5.32 Å². The van der Waals surface area contributed by atoms with E-state index in [-0.39, 0.29) is 18.6 Å². The minimum atomic E-state index is -1.00. The van der Waals surface area contributed by atoms with Gasteiger partial charge in [0, 0.05) is 12.6 Å². The van der Waals surface area contributed by atoms with E-state index in [1.165, 1.54) is 10.5 Å². The molecule has 0 fully saturated rings. The Hall–Kier alpha value is -2.04. The summed E-state index contributed by atoms with van der Waals surface area (Å²) in [6.07, 6.45) is 1.72. The van der Waals surface area contributed by atoms with Crippen LogP contribution in [-0.4, -0.2) is 41.1 Å². The van der Waals surface area contributed by atoms with Gasteiger partial charge < -0.3 is 15.3 Å². The number of carbonyl (C=O) groups is 2. The number of carbonyl (C=O) groups excluding carboxylic acids is 1. The van der Waals surface area contributed by atoms with Crippen molar-refractivity contribution in [3.63, 3.8) is 0 Å². The summed E-state index contributed by atoms with van der Waals surface area (Å²) in [5, 5.41) is 11.5. The molecule has 110 valence electrons. The molecule has 0 spiro atoms. The Balaban J connectivity index is 2.32. The van der Waals surface area contributed by atoms with Crippen LogP contribution in [0.25, 0.3) is 0 Å². The molecule has 0 aliphatic carbocycles. The molecule has 0 aliphatic rings. The fourth-order valence-electron chi connectivity index (χ4n) is 1.87. The van der Waals surface area contributed by atoms with Crippen molar-refractivity contribution in [2.45, 2.75) is 32.7 Å². The Bertz CT molecular complexity index is 432. The zero-order chi connectivity index (χ0) is 15.0. The van der Waals surface area contributed by atoms with Crippen LogP contribution in [0.4, 0.5) is 4.79 Å². The Kier molecular flexibility index (Phi) is 6.56. The van der Waals surface area contributed by atoms with Gasteiger partial charge in [-0.15, -0.1) is 0 Å². The fourth-order valence-corrected chi connectivity index (χ4v) is 1.87. The molecule has 0 aliphatic heterocycles. The van der Waals surface area contributed by atoms with Gasteiger partial charge in [-0.25, -0.2) is 4.79 Å². The molecule has 0 bridgehead atoms. The third-order valence-electron chi connectivity index (χ3n) is 2.95. The summed E-state index contributed by atoms with van der Waals surface area (Å²) >= 11 is 0. The third-order valence-corrected chi connectivity index (χ3v) is 2.95. The normalized spacial score (nSPS) is 10.3. The lowest BCUT2D eigenvalue weighted by Crippen LogP contribution is -2.46. The predicted molar refractivity (Wildman–Crippen MR) is 77.6 cm³/mol. The Morgan fingerprint density at radius 1 is 1.25 bits per heavy atom. The number of aryl methyl sites for hydroxylation is 1. The maximum Gasteiger partial charge on any atom is 0.323 e. The number of carboxylic acids is 1. The lowest BCUT2D eigenvalue weighted by Gasteiger charge is -2.25. The molecule has 1 rings (SSSR count). The molecule has 1 aromatic carbocycles. The summed E-state index contributed by atoms with van der Waals surface area (Å²) in [6, 6.07) is 9.58. The number of rotatable bonds is 7. The molecule has 1 aromatic rings. The van der Waals surface area contributed by atoms with Crippen LogP contribution < -0.4 is 5.32 Å². The highest BCUT2D eigenvalue weighted by atomic mass is 16.4. The van der Waals surface area contributed by atoms with Gasteiger partial charge in [-0.3, -0.25) is 4.79 Å². The summed E-state index contributed by atoms with van der Waals surface area (Å²) < 4.78 is 0. The first-order valence-electron chi connectivity index (χ1n) is 6.81. The lowest BCUT2D eigenvalue weighted by molar-refractivity contribution is -0.138. The van der Waals surface area contributed by atoms with Gasteiger partial charge in [0.2, 0.25) is 0 Å². The van der Waals surface area contributed by atoms with Crippen LogP contribution in [0, 0.1) is 0 Å². The number of amides is 2. The van der Waals surface area contributed by atoms with Gasteiger partial charge in [0.1, 0.15) is 6.54 Å². The van der Waals surface area contributed by atoms with Crippen LogP contribution in [0.15, 0.2) is 30.3 Å². The number of carboxylic acid groups (broad SMARTS) is 1. The first-order chi connectivity index (χ1) is 9.50. The Labute approximate surface area is 119 Å². The maximum absolute atomic E-state index is 11.9. The third kappa shape index (κ3) is 5.73. The quantitative estimate of drug-likeness (QED) is 0.751. The largest absolute Gasteiger partial charge is 0.480 e. The highest BCUT2D eigenvalue weighted by molar-refractivity contribution is 5.80. The second-order valence-electron chi connectivity index (χ2n) is 4.94. The van der Waals surface area contributed by atoms with Crippen LogP contribution in [0.5, 0.6) is 0 Å². The van der Waals surface area contributed by atoms with Crippen LogP contribution >= 0.6 is 0 Å². The summed E-state index contributed by atoms with van der Waals surface area (Å²) in [6.45, 7) is 3.86. The van der Waals surface area contributed by atoms with Gasteiger partial charge in [0.15, 0.2) is 0 Å². The molecule has 0 radical (unpaired) electrons. The van der Waals surface area contributed by atoms with Gasteiger partial charge in [0.25, 0.3) is 0 Å². The predicted octanol–water partition coefficient (Wildman–Crippen LogP) is 2.12. The molecular formula is C15H22N2O3. The van der Waals surface area contributed by atoms with Crippen molar-refractivity contribution in [3.05, 3.63) is 35.9 Å². The number of urea groups is 1. The molecule has 0 unspecified atom stereocenters. The number of benzene rings is 1. The number of hydrogen-bond acceptors (Lipinski definition) is 2. The van der Waals surface area contributed by atoms with Crippen molar-refractivity contribution in [2.24, 2.45) is 0 Å². The maximum atomic E-state index is 11.9. The molecule has 2 amide bonds. The Morgan fingerprint density at radius 3 is 2.45 bits per heavy atom. The summed E-state index contributed by atoms with van der Waals surface area (Å²) in [5.41, 5.74) is 1.23. The van der Waals surface area contributed by atoms with E-state index >= 15 is 0 Å². The smallest absolute Gasteiger partial charge is 0.323 e. The average molecular weight is 278 g/mol.